The Hall–Kier alpha value is -1.09. The molecule has 0 bridgehead atoms. The van der Waals surface area contributed by atoms with Crippen LogP contribution in [0.5, 0.6) is 5.88 Å². The van der Waals surface area contributed by atoms with Crippen molar-refractivity contribution in [3.63, 3.8) is 0 Å². The SMILES string of the molecule is OCCOc1ccccn1. The van der Waals surface area contributed by atoms with Gasteiger partial charge in [0.2, 0.25) is 5.88 Å². The molecule has 0 amide bonds. The summed E-state index contributed by atoms with van der Waals surface area (Å²) < 4.78 is 4.99. The lowest BCUT2D eigenvalue weighted by atomic mass is 10.5. The van der Waals surface area contributed by atoms with E-state index < -0.39 is 0 Å². The van der Waals surface area contributed by atoms with Crippen LogP contribution in [0.15, 0.2) is 24.4 Å². The molecule has 0 saturated carbocycles. The fraction of sp³-hybridized carbons (Fsp3) is 0.286. The average Bonchev–Trinajstić information content (AvgIpc) is 2.03. The van der Waals surface area contributed by atoms with Gasteiger partial charge in [0.25, 0.3) is 0 Å². The number of pyridine rings is 1. The van der Waals surface area contributed by atoms with E-state index in [1.807, 2.05) is 12.1 Å². The lowest BCUT2D eigenvalue weighted by Gasteiger charge is -1.99. The number of aromatic nitrogens is 1. The van der Waals surface area contributed by atoms with Crippen molar-refractivity contribution in [2.75, 3.05) is 13.2 Å². The summed E-state index contributed by atoms with van der Waals surface area (Å²) in [5.74, 6) is 0.552. The summed E-state index contributed by atoms with van der Waals surface area (Å²) >= 11 is 0. The summed E-state index contributed by atoms with van der Waals surface area (Å²) in [5, 5.41) is 8.37. The van der Waals surface area contributed by atoms with Gasteiger partial charge in [0, 0.05) is 12.3 Å². The Kier molecular flexibility index (Phi) is 2.70. The number of nitrogens with zero attached hydrogens (tertiary/aromatic N) is 1. The zero-order valence-electron chi connectivity index (χ0n) is 5.53. The predicted octanol–water partition coefficient (Wildman–Crippen LogP) is 0.453. The number of rotatable bonds is 3. The van der Waals surface area contributed by atoms with Gasteiger partial charge in [0.15, 0.2) is 0 Å². The molecule has 3 heteroatoms. The fourth-order valence-electron chi connectivity index (χ4n) is 0.583. The minimum absolute atomic E-state index is 0.0244. The maximum atomic E-state index is 8.37. The highest BCUT2D eigenvalue weighted by Crippen LogP contribution is 2.01. The van der Waals surface area contributed by atoms with Crippen LogP contribution in [0.2, 0.25) is 0 Å². The first-order chi connectivity index (χ1) is 4.93. The molecule has 0 fully saturated rings. The molecule has 0 atom stereocenters. The van der Waals surface area contributed by atoms with Crippen molar-refractivity contribution in [1.29, 1.82) is 0 Å². The Bertz CT molecular complexity index is 176. The van der Waals surface area contributed by atoms with Crippen molar-refractivity contribution in [1.82, 2.24) is 4.98 Å². The van der Waals surface area contributed by atoms with Gasteiger partial charge in [-0.25, -0.2) is 4.98 Å². The van der Waals surface area contributed by atoms with Gasteiger partial charge in [-0.15, -0.1) is 0 Å². The number of ether oxygens (including phenoxy) is 1. The Morgan fingerprint density at radius 3 is 3.00 bits per heavy atom. The third-order valence-electron chi connectivity index (χ3n) is 0.979. The van der Waals surface area contributed by atoms with E-state index in [4.69, 9.17) is 9.84 Å². The largest absolute Gasteiger partial charge is 0.475 e. The average molecular weight is 139 g/mol. The molecule has 1 heterocycles. The van der Waals surface area contributed by atoms with Crippen LogP contribution in [0.1, 0.15) is 0 Å². The number of hydrogen-bond donors (Lipinski definition) is 1. The maximum Gasteiger partial charge on any atom is 0.213 e. The van der Waals surface area contributed by atoms with Gasteiger partial charge in [0.05, 0.1) is 6.61 Å². The molecule has 0 aliphatic rings. The number of aliphatic hydroxyl groups excluding tert-OH is 1. The van der Waals surface area contributed by atoms with Crippen LogP contribution >= 0.6 is 0 Å². The standard InChI is InChI=1S/C7H9NO2/c9-5-6-10-7-3-1-2-4-8-7/h1-4,9H,5-6H2. The van der Waals surface area contributed by atoms with E-state index in [2.05, 4.69) is 4.98 Å². The van der Waals surface area contributed by atoms with Gasteiger partial charge >= 0.3 is 0 Å². The highest BCUT2D eigenvalue weighted by molar-refractivity contribution is 5.08. The van der Waals surface area contributed by atoms with Crippen molar-refractivity contribution in [3.05, 3.63) is 24.4 Å². The Labute approximate surface area is 59.3 Å². The van der Waals surface area contributed by atoms with Gasteiger partial charge in [-0.3, -0.25) is 0 Å². The van der Waals surface area contributed by atoms with Crippen molar-refractivity contribution in [3.8, 4) is 5.88 Å². The van der Waals surface area contributed by atoms with Crippen LogP contribution in [0.3, 0.4) is 0 Å². The van der Waals surface area contributed by atoms with Gasteiger partial charge in [0.1, 0.15) is 6.61 Å². The zero-order chi connectivity index (χ0) is 7.23. The van der Waals surface area contributed by atoms with Gasteiger partial charge < -0.3 is 9.84 Å². The summed E-state index contributed by atoms with van der Waals surface area (Å²) in [4.78, 5) is 3.88. The first-order valence-corrected chi connectivity index (χ1v) is 3.08. The second-order valence-corrected chi connectivity index (χ2v) is 1.74. The van der Waals surface area contributed by atoms with E-state index in [0.29, 0.717) is 12.5 Å². The Balaban J connectivity index is 2.43. The highest BCUT2D eigenvalue weighted by atomic mass is 16.5. The molecule has 0 aliphatic heterocycles. The molecule has 1 aromatic heterocycles. The minimum Gasteiger partial charge on any atom is -0.475 e. The Morgan fingerprint density at radius 2 is 2.40 bits per heavy atom. The minimum atomic E-state index is 0.0244. The second-order valence-electron chi connectivity index (χ2n) is 1.74. The van der Waals surface area contributed by atoms with E-state index in [9.17, 15) is 0 Å². The van der Waals surface area contributed by atoms with Crippen LogP contribution in [-0.2, 0) is 0 Å². The predicted molar refractivity (Wildman–Crippen MR) is 36.8 cm³/mol. The molecule has 0 radical (unpaired) electrons. The van der Waals surface area contributed by atoms with E-state index in [1.54, 1.807) is 12.3 Å². The van der Waals surface area contributed by atoms with Gasteiger partial charge in [-0.2, -0.15) is 0 Å². The molecule has 1 aromatic rings. The normalized spacial score (nSPS) is 9.30. The third kappa shape index (κ3) is 2.03. The summed E-state index contributed by atoms with van der Waals surface area (Å²) in [7, 11) is 0. The van der Waals surface area contributed by atoms with Crippen molar-refractivity contribution >= 4 is 0 Å². The first-order valence-electron chi connectivity index (χ1n) is 3.08. The zero-order valence-corrected chi connectivity index (χ0v) is 5.53. The molecule has 1 N–H and O–H groups in total. The summed E-state index contributed by atoms with van der Waals surface area (Å²) in [6.45, 7) is 0.327. The fourth-order valence-corrected chi connectivity index (χ4v) is 0.583. The van der Waals surface area contributed by atoms with Crippen molar-refractivity contribution in [2.24, 2.45) is 0 Å². The molecule has 10 heavy (non-hydrogen) atoms. The highest BCUT2D eigenvalue weighted by Gasteiger charge is 1.88. The molecule has 0 spiro atoms. The number of aliphatic hydroxyl groups is 1. The van der Waals surface area contributed by atoms with E-state index in [1.165, 1.54) is 0 Å². The maximum absolute atomic E-state index is 8.37. The molecule has 0 saturated heterocycles. The molecule has 54 valence electrons. The molecule has 0 unspecified atom stereocenters. The molecule has 1 rings (SSSR count). The molecule has 0 aliphatic carbocycles. The molecule has 0 aromatic carbocycles. The summed E-state index contributed by atoms with van der Waals surface area (Å²) in [6.07, 6.45) is 1.65. The van der Waals surface area contributed by atoms with E-state index in [0.717, 1.165) is 0 Å². The van der Waals surface area contributed by atoms with E-state index >= 15 is 0 Å². The molecular weight excluding hydrogens is 130 g/mol. The topological polar surface area (TPSA) is 42.4 Å². The van der Waals surface area contributed by atoms with Gasteiger partial charge in [-0.05, 0) is 6.07 Å². The summed E-state index contributed by atoms with van der Waals surface area (Å²) in [6, 6.07) is 5.39. The second kappa shape index (κ2) is 3.85. The van der Waals surface area contributed by atoms with Crippen molar-refractivity contribution in [2.45, 2.75) is 0 Å². The monoisotopic (exact) mass is 139 g/mol. The molecule has 3 nitrogen and oxygen atoms in total. The van der Waals surface area contributed by atoms with Crippen LogP contribution in [0, 0.1) is 0 Å². The first kappa shape index (κ1) is 7.02. The van der Waals surface area contributed by atoms with Crippen LogP contribution in [-0.4, -0.2) is 23.3 Å². The Morgan fingerprint density at radius 1 is 1.50 bits per heavy atom. The lowest BCUT2D eigenvalue weighted by molar-refractivity contribution is 0.196. The quantitative estimate of drug-likeness (QED) is 0.661. The van der Waals surface area contributed by atoms with Crippen LogP contribution in [0.4, 0.5) is 0 Å². The van der Waals surface area contributed by atoms with Crippen molar-refractivity contribution < 1.29 is 9.84 Å². The van der Waals surface area contributed by atoms with Crippen LogP contribution in [0.25, 0.3) is 0 Å². The van der Waals surface area contributed by atoms with Crippen LogP contribution < -0.4 is 4.74 Å². The number of hydrogen-bond acceptors (Lipinski definition) is 3. The molecular formula is C7H9NO2. The van der Waals surface area contributed by atoms with Gasteiger partial charge in [-0.1, -0.05) is 6.07 Å². The third-order valence-corrected chi connectivity index (χ3v) is 0.979. The lowest BCUT2D eigenvalue weighted by Crippen LogP contribution is -2.02. The van der Waals surface area contributed by atoms with E-state index in [-0.39, 0.29) is 6.61 Å². The smallest absolute Gasteiger partial charge is 0.213 e. The summed E-state index contributed by atoms with van der Waals surface area (Å²) in [5.41, 5.74) is 0.